The monoisotopic (exact) mass is 489 g/mol. The van der Waals surface area contributed by atoms with E-state index in [-0.39, 0.29) is 23.1 Å². The average molecular weight is 490 g/mol. The Morgan fingerprint density at radius 3 is 2.34 bits per heavy atom. The van der Waals surface area contributed by atoms with Crippen LogP contribution in [0.15, 0.2) is 36.7 Å². The molecule has 2 aromatic rings. The Kier molecular flexibility index (Phi) is 8.82. The predicted octanol–water partition coefficient (Wildman–Crippen LogP) is 4.74. The molecule has 0 aliphatic heterocycles. The molecule has 2 rings (SSSR count). The Morgan fingerprint density at radius 2 is 1.80 bits per heavy atom. The van der Waals surface area contributed by atoms with Gasteiger partial charge in [-0.3, -0.25) is 15.1 Å². The molecule has 1 heterocycles. The Hall–Kier alpha value is -3.22. The summed E-state index contributed by atoms with van der Waals surface area (Å²) in [4.78, 5) is 15.6. The highest BCUT2D eigenvalue weighted by Crippen LogP contribution is 2.35. The van der Waals surface area contributed by atoms with Gasteiger partial charge in [0.2, 0.25) is 0 Å². The third kappa shape index (κ3) is 7.91. The minimum atomic E-state index is -4.62. The summed E-state index contributed by atoms with van der Waals surface area (Å²) in [6.45, 7) is 5.98. The number of carboxylic acid groups (broad SMARTS) is 1. The number of pyridine rings is 1. The lowest BCUT2D eigenvalue weighted by Gasteiger charge is -2.25. The number of aryl methyl sites for hydroxylation is 2. The van der Waals surface area contributed by atoms with E-state index in [0.717, 1.165) is 11.6 Å². The Labute approximate surface area is 203 Å². The predicted molar refractivity (Wildman–Crippen MR) is 126 cm³/mol. The summed E-state index contributed by atoms with van der Waals surface area (Å²) in [5.74, 6) is -1.32. The van der Waals surface area contributed by atoms with Crippen molar-refractivity contribution in [3.05, 3.63) is 70.0 Å². The van der Waals surface area contributed by atoms with Crippen molar-refractivity contribution < 1.29 is 28.2 Å². The first kappa shape index (κ1) is 28.0. The van der Waals surface area contributed by atoms with Gasteiger partial charge in [0.1, 0.15) is 11.6 Å². The molecule has 0 unspecified atom stereocenters. The number of aliphatic carboxylic acids is 1. The van der Waals surface area contributed by atoms with Crippen molar-refractivity contribution in [2.45, 2.75) is 58.8 Å². The molecule has 0 fully saturated rings. The van der Waals surface area contributed by atoms with Crippen LogP contribution in [0.5, 0.6) is 0 Å². The minimum absolute atomic E-state index is 0.0123. The smallest absolute Gasteiger partial charge is 0.416 e. The topological polar surface area (TPSA) is 106 Å². The summed E-state index contributed by atoms with van der Waals surface area (Å²) in [7, 11) is 0. The lowest BCUT2D eigenvalue weighted by molar-refractivity contribution is -0.146. The number of nitrogens with one attached hydrogen (secondary N) is 1. The zero-order chi connectivity index (χ0) is 26.4. The molecule has 9 heteroatoms. The van der Waals surface area contributed by atoms with Gasteiger partial charge in [0.15, 0.2) is 0 Å². The van der Waals surface area contributed by atoms with Gasteiger partial charge >= 0.3 is 12.1 Å². The van der Waals surface area contributed by atoms with Crippen molar-refractivity contribution in [2.75, 3.05) is 6.61 Å². The summed E-state index contributed by atoms with van der Waals surface area (Å²) < 4.78 is 41.9. The third-order valence-corrected chi connectivity index (χ3v) is 5.50. The second-order valence-corrected chi connectivity index (χ2v) is 9.75. The van der Waals surface area contributed by atoms with Crippen LogP contribution in [0.1, 0.15) is 61.1 Å². The van der Waals surface area contributed by atoms with Gasteiger partial charge in [-0.15, -0.1) is 0 Å². The number of hydrogen-bond donors (Lipinski definition) is 3. The maximum atomic E-state index is 14.0. The second kappa shape index (κ2) is 11.0. The van der Waals surface area contributed by atoms with Gasteiger partial charge in [0, 0.05) is 18.9 Å². The molecule has 1 aromatic carbocycles. The lowest BCUT2D eigenvalue weighted by atomic mass is 9.90. The Morgan fingerprint density at radius 1 is 1.11 bits per heavy atom. The van der Waals surface area contributed by atoms with Crippen molar-refractivity contribution in [1.82, 2.24) is 10.3 Å². The van der Waals surface area contributed by atoms with Crippen LogP contribution in [-0.2, 0) is 30.4 Å². The second-order valence-electron chi connectivity index (χ2n) is 9.75. The molecule has 188 valence electrons. The Bertz CT molecular complexity index is 1130. The van der Waals surface area contributed by atoms with Crippen LogP contribution in [0, 0.1) is 16.7 Å². The highest BCUT2D eigenvalue weighted by molar-refractivity contribution is 5.78. The number of carboxylic acids is 1. The summed E-state index contributed by atoms with van der Waals surface area (Å²) >= 11 is 0. The highest BCUT2D eigenvalue weighted by Gasteiger charge is 2.35. The number of aliphatic hydroxyl groups is 1. The van der Waals surface area contributed by atoms with Gasteiger partial charge in [0.25, 0.3) is 0 Å². The maximum absolute atomic E-state index is 14.0. The molecule has 6 nitrogen and oxygen atoms in total. The van der Waals surface area contributed by atoms with E-state index in [9.17, 15) is 28.2 Å². The molecule has 0 bridgehead atoms. The molecule has 0 saturated carbocycles. The van der Waals surface area contributed by atoms with Crippen molar-refractivity contribution in [2.24, 2.45) is 5.41 Å². The number of allylic oxidation sites excluding steroid dienone is 1. The molecule has 1 atom stereocenters. The van der Waals surface area contributed by atoms with Crippen LogP contribution in [0.25, 0.3) is 6.08 Å². The van der Waals surface area contributed by atoms with E-state index in [1.165, 1.54) is 25.3 Å². The van der Waals surface area contributed by atoms with Crippen LogP contribution >= 0.6 is 0 Å². The SMILES string of the molecule is CC(C)(C)/C=C/c1cc(CCc2cncc(C#N)c2)c(CN[C@@](C)(CO)C(=O)O)cc1C(F)(F)F. The molecule has 3 N–H and O–H groups in total. The molecular weight excluding hydrogens is 459 g/mol. The van der Waals surface area contributed by atoms with E-state index in [0.29, 0.717) is 24.0 Å². The van der Waals surface area contributed by atoms with Crippen LogP contribution in [0.3, 0.4) is 0 Å². The quantitative estimate of drug-likeness (QED) is 0.470. The molecule has 35 heavy (non-hydrogen) atoms. The zero-order valence-electron chi connectivity index (χ0n) is 20.2. The number of hydrogen-bond acceptors (Lipinski definition) is 5. The van der Waals surface area contributed by atoms with Crippen molar-refractivity contribution in [1.29, 1.82) is 5.26 Å². The first-order chi connectivity index (χ1) is 16.2. The number of rotatable bonds is 9. The average Bonchev–Trinajstić information content (AvgIpc) is 2.78. The van der Waals surface area contributed by atoms with Gasteiger partial charge in [-0.25, -0.2) is 0 Å². The van der Waals surface area contributed by atoms with Gasteiger partial charge in [-0.1, -0.05) is 39.0 Å². The number of aromatic nitrogens is 1. The molecule has 0 amide bonds. The standard InChI is InChI=1S/C26H30F3N3O3/c1-24(2,3)8-7-20-10-19(6-5-17-9-18(12-30)14-31-13-17)21(11-22(20)26(27,28)29)15-32-25(4,16-33)23(34)35/h7-11,13-14,32-33H,5-6,15-16H2,1-4H3,(H,34,35)/b8-7+/t25-/m0/s1. The van der Waals surface area contributed by atoms with Crippen molar-refractivity contribution >= 4 is 12.0 Å². The fraction of sp³-hybridized carbons (Fsp3) is 0.423. The number of alkyl halides is 3. The van der Waals surface area contributed by atoms with Crippen LogP contribution < -0.4 is 5.32 Å². The Balaban J connectivity index is 2.55. The van der Waals surface area contributed by atoms with E-state index >= 15 is 0 Å². The molecule has 0 aliphatic carbocycles. The van der Waals surface area contributed by atoms with E-state index in [1.54, 1.807) is 18.3 Å². The molecule has 0 saturated heterocycles. The largest absolute Gasteiger partial charge is 0.480 e. The molecule has 0 aliphatic rings. The van der Waals surface area contributed by atoms with E-state index in [2.05, 4.69) is 10.3 Å². The summed E-state index contributed by atoms with van der Waals surface area (Å²) in [5.41, 5.74) is -0.873. The zero-order valence-corrected chi connectivity index (χ0v) is 20.2. The van der Waals surface area contributed by atoms with E-state index in [4.69, 9.17) is 5.26 Å². The van der Waals surface area contributed by atoms with Crippen molar-refractivity contribution in [3.63, 3.8) is 0 Å². The van der Waals surface area contributed by atoms with E-state index < -0.39 is 29.9 Å². The molecule has 0 radical (unpaired) electrons. The number of nitriles is 1. The summed E-state index contributed by atoms with van der Waals surface area (Å²) in [6.07, 6.45) is 2.31. The van der Waals surface area contributed by atoms with Crippen molar-refractivity contribution in [3.8, 4) is 6.07 Å². The minimum Gasteiger partial charge on any atom is -0.480 e. The van der Waals surface area contributed by atoms with Crippen LogP contribution in [0.2, 0.25) is 0 Å². The van der Waals surface area contributed by atoms with Gasteiger partial charge in [-0.2, -0.15) is 18.4 Å². The highest BCUT2D eigenvalue weighted by atomic mass is 19.4. The van der Waals surface area contributed by atoms with E-state index in [1.807, 2.05) is 26.8 Å². The normalized spacial score (nSPS) is 14.0. The maximum Gasteiger partial charge on any atom is 0.416 e. The van der Waals surface area contributed by atoms with Crippen LogP contribution in [0.4, 0.5) is 13.2 Å². The number of aliphatic hydroxyl groups excluding tert-OH is 1. The lowest BCUT2D eigenvalue weighted by Crippen LogP contribution is -2.52. The van der Waals surface area contributed by atoms with Gasteiger partial charge < -0.3 is 10.2 Å². The molecular formula is C26H30F3N3O3. The number of carbonyl (C=O) groups is 1. The summed E-state index contributed by atoms with van der Waals surface area (Å²) in [6, 6.07) is 6.19. The fourth-order valence-electron chi connectivity index (χ4n) is 3.28. The molecule has 1 aromatic heterocycles. The first-order valence-electron chi connectivity index (χ1n) is 11.0. The number of benzene rings is 1. The van der Waals surface area contributed by atoms with Gasteiger partial charge in [0.05, 0.1) is 17.7 Å². The fourth-order valence-corrected chi connectivity index (χ4v) is 3.28. The number of halogens is 3. The van der Waals surface area contributed by atoms with Crippen LogP contribution in [-0.4, -0.2) is 33.3 Å². The first-order valence-corrected chi connectivity index (χ1v) is 11.0. The molecule has 0 spiro atoms. The summed E-state index contributed by atoms with van der Waals surface area (Å²) in [5, 5.41) is 30.7. The number of nitrogens with zero attached hydrogens (tertiary/aromatic N) is 2. The third-order valence-electron chi connectivity index (χ3n) is 5.50. The van der Waals surface area contributed by atoms with Gasteiger partial charge in [-0.05, 0) is 59.6 Å².